The normalized spacial score (nSPS) is 26.0. The van der Waals surface area contributed by atoms with Crippen molar-refractivity contribution < 1.29 is 4.39 Å². The molecule has 1 atom stereocenters. The zero-order chi connectivity index (χ0) is 13.1. The Balaban J connectivity index is 2.08. The summed E-state index contributed by atoms with van der Waals surface area (Å²) in [6.45, 7) is 2.25. The van der Waals surface area contributed by atoms with E-state index in [4.69, 9.17) is 5.73 Å². The molecule has 0 bridgehead atoms. The highest BCUT2D eigenvalue weighted by atomic mass is 79.9. The average molecular weight is 314 g/mol. The van der Waals surface area contributed by atoms with Crippen LogP contribution in [0.1, 0.15) is 50.6 Å². The number of rotatable bonds is 3. The number of hydrogen-bond acceptors (Lipinski definition) is 1. The van der Waals surface area contributed by atoms with Gasteiger partial charge in [0.25, 0.3) is 0 Å². The molecule has 1 unspecified atom stereocenters. The molecule has 1 fully saturated rings. The Kier molecular flexibility index (Phi) is 4.79. The van der Waals surface area contributed by atoms with Gasteiger partial charge in [-0.3, -0.25) is 0 Å². The predicted octanol–water partition coefficient (Wildman–Crippen LogP) is 4.80. The highest BCUT2D eigenvalue weighted by Gasteiger charge is 2.27. The first-order valence-corrected chi connectivity index (χ1v) is 7.62. The van der Waals surface area contributed by atoms with E-state index >= 15 is 0 Å². The van der Waals surface area contributed by atoms with E-state index < -0.39 is 0 Å². The van der Waals surface area contributed by atoms with Gasteiger partial charge in [0.2, 0.25) is 0 Å². The molecule has 1 aromatic carbocycles. The molecule has 1 aromatic rings. The van der Waals surface area contributed by atoms with Crippen molar-refractivity contribution in [2.45, 2.75) is 45.1 Å². The fourth-order valence-corrected chi connectivity index (χ4v) is 3.37. The lowest BCUT2D eigenvalue weighted by atomic mass is 9.76. The number of benzene rings is 1. The predicted molar refractivity (Wildman–Crippen MR) is 76.8 cm³/mol. The van der Waals surface area contributed by atoms with Crippen molar-refractivity contribution in [1.29, 1.82) is 0 Å². The fraction of sp³-hybridized carbons (Fsp3) is 0.600. The van der Waals surface area contributed by atoms with Crippen molar-refractivity contribution in [1.82, 2.24) is 0 Å². The Morgan fingerprint density at radius 3 is 2.61 bits per heavy atom. The van der Waals surface area contributed by atoms with Crippen molar-refractivity contribution >= 4 is 15.9 Å². The van der Waals surface area contributed by atoms with Crippen LogP contribution in [0.15, 0.2) is 22.7 Å². The largest absolute Gasteiger partial charge is 0.324 e. The van der Waals surface area contributed by atoms with Gasteiger partial charge in [0.1, 0.15) is 5.82 Å². The Labute approximate surface area is 117 Å². The van der Waals surface area contributed by atoms with Crippen LogP contribution < -0.4 is 5.73 Å². The summed E-state index contributed by atoms with van der Waals surface area (Å²) in [7, 11) is 0. The first-order chi connectivity index (χ1) is 8.63. The summed E-state index contributed by atoms with van der Waals surface area (Å²) >= 11 is 3.23. The molecule has 1 aliphatic rings. The zero-order valence-corrected chi connectivity index (χ0v) is 12.4. The van der Waals surface area contributed by atoms with Gasteiger partial charge in [0.15, 0.2) is 0 Å². The van der Waals surface area contributed by atoms with Crippen molar-refractivity contribution in [2.24, 2.45) is 17.6 Å². The average Bonchev–Trinajstić information content (AvgIpc) is 2.41. The van der Waals surface area contributed by atoms with Gasteiger partial charge in [0, 0.05) is 11.6 Å². The van der Waals surface area contributed by atoms with Crippen molar-refractivity contribution in [3.63, 3.8) is 0 Å². The maximum absolute atomic E-state index is 14.0. The standard InChI is InChI=1S/C15H21BrFN/c1-2-10-6-8-11(9-7-10)15(18)12-4-3-5-13(16)14(12)17/h3-5,10-11,15H,2,6-9,18H2,1H3. The van der Waals surface area contributed by atoms with Crippen molar-refractivity contribution in [3.05, 3.63) is 34.1 Å². The molecule has 1 saturated carbocycles. The second-order valence-corrected chi connectivity index (χ2v) is 6.21. The van der Waals surface area contributed by atoms with E-state index in [1.807, 2.05) is 12.1 Å². The van der Waals surface area contributed by atoms with Gasteiger partial charge >= 0.3 is 0 Å². The summed E-state index contributed by atoms with van der Waals surface area (Å²) in [5, 5.41) is 0. The highest BCUT2D eigenvalue weighted by Crippen LogP contribution is 2.38. The summed E-state index contributed by atoms with van der Waals surface area (Å²) in [6, 6.07) is 5.23. The van der Waals surface area contributed by atoms with Crippen LogP contribution in [0.4, 0.5) is 4.39 Å². The van der Waals surface area contributed by atoms with Gasteiger partial charge in [-0.25, -0.2) is 4.39 Å². The second kappa shape index (κ2) is 6.16. The molecule has 0 spiro atoms. The van der Waals surface area contributed by atoms with Crippen LogP contribution in [0, 0.1) is 17.7 Å². The van der Waals surface area contributed by atoms with E-state index in [2.05, 4.69) is 22.9 Å². The van der Waals surface area contributed by atoms with Gasteiger partial charge in [-0.15, -0.1) is 0 Å². The molecular formula is C15H21BrFN. The van der Waals surface area contributed by atoms with E-state index in [-0.39, 0.29) is 11.9 Å². The minimum Gasteiger partial charge on any atom is -0.324 e. The molecule has 0 saturated heterocycles. The third-order valence-electron chi connectivity index (χ3n) is 4.32. The van der Waals surface area contributed by atoms with Crippen LogP contribution in [-0.4, -0.2) is 0 Å². The van der Waals surface area contributed by atoms with Crippen molar-refractivity contribution in [2.75, 3.05) is 0 Å². The molecule has 3 heteroatoms. The number of halogens is 2. The van der Waals surface area contributed by atoms with Crippen molar-refractivity contribution in [3.8, 4) is 0 Å². The fourth-order valence-electron chi connectivity index (χ4n) is 2.99. The molecule has 0 aromatic heterocycles. The van der Waals surface area contributed by atoms with E-state index in [1.54, 1.807) is 6.07 Å². The smallest absolute Gasteiger partial charge is 0.142 e. The van der Waals surface area contributed by atoms with E-state index in [1.165, 1.54) is 19.3 Å². The maximum Gasteiger partial charge on any atom is 0.142 e. The molecule has 0 radical (unpaired) electrons. The molecule has 1 aliphatic carbocycles. The van der Waals surface area contributed by atoms with Gasteiger partial charge in [-0.2, -0.15) is 0 Å². The Bertz CT molecular complexity index is 399. The maximum atomic E-state index is 14.0. The molecule has 2 N–H and O–H groups in total. The van der Waals surface area contributed by atoms with Gasteiger partial charge < -0.3 is 5.73 Å². The van der Waals surface area contributed by atoms with Crippen LogP contribution in [0.25, 0.3) is 0 Å². The summed E-state index contributed by atoms with van der Waals surface area (Å²) in [6.07, 6.45) is 6.00. The molecule has 100 valence electrons. The summed E-state index contributed by atoms with van der Waals surface area (Å²) < 4.78 is 14.5. The quantitative estimate of drug-likeness (QED) is 0.852. The van der Waals surface area contributed by atoms with Gasteiger partial charge in [-0.1, -0.05) is 38.3 Å². The lowest BCUT2D eigenvalue weighted by Gasteiger charge is -2.32. The van der Waals surface area contributed by atoms with E-state index in [0.717, 1.165) is 18.8 Å². The molecule has 2 rings (SSSR count). The number of hydrogen-bond donors (Lipinski definition) is 1. The van der Waals surface area contributed by atoms with Crippen LogP contribution in [0.2, 0.25) is 0 Å². The third-order valence-corrected chi connectivity index (χ3v) is 4.93. The van der Waals surface area contributed by atoms with Gasteiger partial charge in [0.05, 0.1) is 4.47 Å². The summed E-state index contributed by atoms with van der Waals surface area (Å²) in [4.78, 5) is 0. The molecular weight excluding hydrogens is 293 g/mol. The van der Waals surface area contributed by atoms with Crippen LogP contribution in [-0.2, 0) is 0 Å². The molecule has 0 amide bonds. The highest BCUT2D eigenvalue weighted by molar-refractivity contribution is 9.10. The lowest BCUT2D eigenvalue weighted by molar-refractivity contribution is 0.237. The lowest BCUT2D eigenvalue weighted by Crippen LogP contribution is -2.26. The molecule has 18 heavy (non-hydrogen) atoms. The van der Waals surface area contributed by atoms with E-state index in [9.17, 15) is 4.39 Å². The number of nitrogens with two attached hydrogens (primary N) is 1. The second-order valence-electron chi connectivity index (χ2n) is 5.36. The van der Waals surface area contributed by atoms with Crippen LogP contribution in [0.5, 0.6) is 0 Å². The first kappa shape index (κ1) is 14.0. The first-order valence-electron chi connectivity index (χ1n) is 6.83. The minimum atomic E-state index is -0.192. The van der Waals surface area contributed by atoms with Crippen LogP contribution >= 0.6 is 15.9 Å². The summed E-state index contributed by atoms with van der Waals surface area (Å²) in [5.74, 6) is 1.08. The third kappa shape index (κ3) is 2.94. The van der Waals surface area contributed by atoms with Gasteiger partial charge in [-0.05, 0) is 46.7 Å². The zero-order valence-electron chi connectivity index (χ0n) is 10.8. The molecule has 0 aliphatic heterocycles. The minimum absolute atomic E-state index is 0.166. The molecule has 1 nitrogen and oxygen atoms in total. The Morgan fingerprint density at radius 1 is 1.33 bits per heavy atom. The summed E-state index contributed by atoms with van der Waals surface area (Å²) in [5.41, 5.74) is 6.92. The molecule has 0 heterocycles. The van der Waals surface area contributed by atoms with E-state index in [0.29, 0.717) is 16.0 Å². The monoisotopic (exact) mass is 313 g/mol. The Hall–Kier alpha value is -0.410. The van der Waals surface area contributed by atoms with Crippen LogP contribution in [0.3, 0.4) is 0 Å². The SMILES string of the molecule is CCC1CCC(C(N)c2cccc(Br)c2F)CC1. The Morgan fingerprint density at radius 2 is 2.00 bits per heavy atom. The topological polar surface area (TPSA) is 26.0 Å².